The molecule has 2 unspecified atom stereocenters. The Hall–Kier alpha value is -0.450. The van der Waals surface area contributed by atoms with Gasteiger partial charge in [0.15, 0.2) is 0 Å². The topological polar surface area (TPSA) is 28.2 Å². The van der Waals surface area contributed by atoms with Crippen LogP contribution in [0.25, 0.3) is 0 Å². The average Bonchev–Trinajstić information content (AvgIpc) is 3.29. The summed E-state index contributed by atoms with van der Waals surface area (Å²) >= 11 is 1.83. The molecule has 0 aromatic carbocycles. The molecule has 1 aliphatic heterocycles. The van der Waals surface area contributed by atoms with E-state index in [-0.39, 0.29) is 0 Å². The molecule has 3 fully saturated rings. The third-order valence-corrected chi connectivity index (χ3v) is 5.80. The Labute approximate surface area is 119 Å². The average molecular weight is 277 g/mol. The van der Waals surface area contributed by atoms with Gasteiger partial charge in [0.25, 0.3) is 0 Å². The van der Waals surface area contributed by atoms with Gasteiger partial charge in [-0.05, 0) is 44.4 Å². The lowest BCUT2D eigenvalue weighted by atomic mass is 10.0. The molecule has 1 aromatic rings. The Morgan fingerprint density at radius 3 is 2.74 bits per heavy atom. The molecule has 1 saturated heterocycles. The predicted octanol–water partition coefficient (Wildman–Crippen LogP) is 2.41. The summed E-state index contributed by atoms with van der Waals surface area (Å²) in [6.45, 7) is 5.62. The molecule has 0 bridgehead atoms. The standard InChI is InChI=1S/C15H23N3S/c1-10-9-19-15(17-10)8-18-7-13(11-2-3-11)16-6-14(18)12-4-5-12/h9,11-14,16H,2-8H2,1H3. The molecule has 2 aliphatic carbocycles. The van der Waals surface area contributed by atoms with E-state index in [0.717, 1.165) is 30.5 Å². The van der Waals surface area contributed by atoms with E-state index in [9.17, 15) is 0 Å². The Balaban J connectivity index is 1.47. The molecule has 2 atom stereocenters. The van der Waals surface area contributed by atoms with E-state index in [4.69, 9.17) is 0 Å². The smallest absolute Gasteiger partial charge is 0.107 e. The van der Waals surface area contributed by atoms with Crippen LogP contribution < -0.4 is 5.32 Å². The normalized spacial score (nSPS) is 32.7. The third kappa shape index (κ3) is 2.71. The molecule has 2 saturated carbocycles. The lowest BCUT2D eigenvalue weighted by Crippen LogP contribution is -2.57. The Bertz CT molecular complexity index is 450. The van der Waals surface area contributed by atoms with Crippen molar-refractivity contribution in [3.63, 3.8) is 0 Å². The minimum atomic E-state index is 0.746. The van der Waals surface area contributed by atoms with Crippen molar-refractivity contribution in [2.24, 2.45) is 11.8 Å². The first kappa shape index (κ1) is 12.3. The van der Waals surface area contributed by atoms with Crippen LogP contribution in [-0.2, 0) is 6.54 Å². The molecular weight excluding hydrogens is 254 g/mol. The van der Waals surface area contributed by atoms with Gasteiger partial charge in [0.1, 0.15) is 5.01 Å². The van der Waals surface area contributed by atoms with Crippen molar-refractivity contribution in [2.75, 3.05) is 13.1 Å². The second-order valence-corrected chi connectivity index (χ2v) is 7.51. The maximum absolute atomic E-state index is 4.66. The molecule has 3 aliphatic rings. The highest BCUT2D eigenvalue weighted by Gasteiger charge is 2.42. The van der Waals surface area contributed by atoms with Gasteiger partial charge in [-0.3, -0.25) is 4.90 Å². The fourth-order valence-electron chi connectivity index (χ4n) is 3.44. The molecule has 4 heteroatoms. The molecule has 1 N–H and O–H groups in total. The van der Waals surface area contributed by atoms with Gasteiger partial charge in [0, 0.05) is 36.2 Å². The van der Waals surface area contributed by atoms with Crippen LogP contribution in [0.15, 0.2) is 5.38 Å². The molecule has 0 amide bonds. The lowest BCUT2D eigenvalue weighted by Gasteiger charge is -2.40. The number of thiazole rings is 1. The summed E-state index contributed by atoms with van der Waals surface area (Å²) in [4.78, 5) is 7.39. The van der Waals surface area contributed by atoms with E-state index in [2.05, 4.69) is 27.5 Å². The predicted molar refractivity (Wildman–Crippen MR) is 78.3 cm³/mol. The summed E-state index contributed by atoms with van der Waals surface area (Å²) < 4.78 is 0. The number of nitrogens with one attached hydrogen (secondary N) is 1. The third-order valence-electron chi connectivity index (χ3n) is 4.85. The fourth-order valence-corrected chi connectivity index (χ4v) is 4.24. The minimum absolute atomic E-state index is 0.746. The van der Waals surface area contributed by atoms with Gasteiger partial charge in [0.2, 0.25) is 0 Å². The van der Waals surface area contributed by atoms with Crippen molar-refractivity contribution < 1.29 is 0 Å². The summed E-state index contributed by atoms with van der Waals surface area (Å²) in [5.41, 5.74) is 1.18. The molecule has 4 rings (SSSR count). The Morgan fingerprint density at radius 2 is 2.11 bits per heavy atom. The highest BCUT2D eigenvalue weighted by Crippen LogP contribution is 2.40. The number of aromatic nitrogens is 1. The van der Waals surface area contributed by atoms with E-state index in [0.29, 0.717) is 0 Å². The second kappa shape index (κ2) is 4.83. The van der Waals surface area contributed by atoms with Crippen LogP contribution in [0.1, 0.15) is 36.4 Å². The zero-order valence-corrected chi connectivity index (χ0v) is 12.5. The summed E-state index contributed by atoms with van der Waals surface area (Å²) in [6, 6.07) is 1.51. The van der Waals surface area contributed by atoms with Gasteiger partial charge in [-0.15, -0.1) is 11.3 Å². The van der Waals surface area contributed by atoms with Crippen molar-refractivity contribution in [1.29, 1.82) is 0 Å². The van der Waals surface area contributed by atoms with E-state index < -0.39 is 0 Å². The monoisotopic (exact) mass is 277 g/mol. The fraction of sp³-hybridized carbons (Fsp3) is 0.800. The molecule has 0 spiro atoms. The SMILES string of the molecule is Cc1csc(CN2CC(C3CC3)NCC2C2CC2)n1. The van der Waals surface area contributed by atoms with Gasteiger partial charge >= 0.3 is 0 Å². The van der Waals surface area contributed by atoms with Gasteiger partial charge in [-0.1, -0.05) is 0 Å². The zero-order valence-electron chi connectivity index (χ0n) is 11.6. The molecule has 1 aromatic heterocycles. The van der Waals surface area contributed by atoms with Crippen molar-refractivity contribution in [2.45, 2.75) is 51.2 Å². The maximum Gasteiger partial charge on any atom is 0.107 e. The Morgan fingerprint density at radius 1 is 1.32 bits per heavy atom. The molecule has 0 radical (unpaired) electrons. The van der Waals surface area contributed by atoms with Crippen LogP contribution in [0.5, 0.6) is 0 Å². The van der Waals surface area contributed by atoms with Crippen molar-refractivity contribution in [3.8, 4) is 0 Å². The summed E-state index contributed by atoms with van der Waals surface area (Å²) in [6.07, 6.45) is 5.76. The summed E-state index contributed by atoms with van der Waals surface area (Å²) in [5, 5.41) is 7.30. The molecule has 3 nitrogen and oxygen atoms in total. The maximum atomic E-state index is 4.66. The van der Waals surface area contributed by atoms with E-state index in [1.165, 1.54) is 49.5 Å². The number of nitrogens with zero attached hydrogens (tertiary/aromatic N) is 2. The Kier molecular flexibility index (Phi) is 3.13. The van der Waals surface area contributed by atoms with Gasteiger partial charge in [-0.25, -0.2) is 4.98 Å². The molecule has 19 heavy (non-hydrogen) atoms. The quantitative estimate of drug-likeness (QED) is 0.916. The molecular formula is C15H23N3S. The minimum Gasteiger partial charge on any atom is -0.311 e. The van der Waals surface area contributed by atoms with Crippen molar-refractivity contribution in [3.05, 3.63) is 16.1 Å². The van der Waals surface area contributed by atoms with Crippen LogP contribution in [0.3, 0.4) is 0 Å². The van der Waals surface area contributed by atoms with Gasteiger partial charge in [-0.2, -0.15) is 0 Å². The second-order valence-electron chi connectivity index (χ2n) is 6.57. The van der Waals surface area contributed by atoms with Gasteiger partial charge < -0.3 is 5.32 Å². The number of hydrogen-bond acceptors (Lipinski definition) is 4. The van der Waals surface area contributed by atoms with E-state index in [1.54, 1.807) is 0 Å². The van der Waals surface area contributed by atoms with Crippen LogP contribution in [0.2, 0.25) is 0 Å². The number of hydrogen-bond donors (Lipinski definition) is 1. The number of piperazine rings is 1. The van der Waals surface area contributed by atoms with E-state index >= 15 is 0 Å². The highest BCUT2D eigenvalue weighted by molar-refractivity contribution is 7.09. The first-order valence-electron chi connectivity index (χ1n) is 7.68. The van der Waals surface area contributed by atoms with E-state index in [1.807, 2.05) is 11.3 Å². The van der Waals surface area contributed by atoms with Crippen LogP contribution in [0.4, 0.5) is 0 Å². The first-order valence-corrected chi connectivity index (χ1v) is 8.56. The molecule has 2 heterocycles. The van der Waals surface area contributed by atoms with Crippen molar-refractivity contribution in [1.82, 2.24) is 15.2 Å². The summed E-state index contributed by atoms with van der Waals surface area (Å²) in [7, 11) is 0. The largest absolute Gasteiger partial charge is 0.311 e. The lowest BCUT2D eigenvalue weighted by molar-refractivity contribution is 0.100. The molecule has 104 valence electrons. The number of rotatable bonds is 4. The van der Waals surface area contributed by atoms with Crippen LogP contribution in [-0.4, -0.2) is 35.1 Å². The van der Waals surface area contributed by atoms with Crippen molar-refractivity contribution >= 4 is 11.3 Å². The number of aryl methyl sites for hydroxylation is 1. The highest BCUT2D eigenvalue weighted by atomic mass is 32.1. The first-order chi connectivity index (χ1) is 9.29. The van der Waals surface area contributed by atoms with Crippen LogP contribution in [0, 0.1) is 18.8 Å². The van der Waals surface area contributed by atoms with Crippen LogP contribution >= 0.6 is 11.3 Å². The van der Waals surface area contributed by atoms with Gasteiger partial charge in [0.05, 0.1) is 6.54 Å². The zero-order chi connectivity index (χ0) is 12.8. The summed E-state index contributed by atoms with van der Waals surface area (Å²) in [5.74, 6) is 1.91.